The lowest BCUT2D eigenvalue weighted by molar-refractivity contribution is 0.436. The maximum absolute atomic E-state index is 6.16. The van der Waals surface area contributed by atoms with Crippen molar-refractivity contribution in [3.63, 3.8) is 0 Å². The van der Waals surface area contributed by atoms with Gasteiger partial charge in [0.1, 0.15) is 0 Å². The zero-order valence-corrected chi connectivity index (χ0v) is 10.9. The summed E-state index contributed by atoms with van der Waals surface area (Å²) >= 11 is 6.16. The maximum Gasteiger partial charge on any atom is 0.171 e. The second-order valence-electron chi connectivity index (χ2n) is 4.68. The minimum absolute atomic E-state index is 0.539. The number of aromatic nitrogens is 2. The Hall–Kier alpha value is -0.830. The van der Waals surface area contributed by atoms with Gasteiger partial charge in [0.05, 0.1) is 11.4 Å². The molecule has 0 spiro atoms. The first-order valence-corrected chi connectivity index (χ1v) is 6.21. The predicted molar refractivity (Wildman–Crippen MR) is 67.1 cm³/mol. The number of piperidine rings is 1. The number of aryl methyl sites for hydroxylation is 2. The molecule has 88 valence electrons. The van der Waals surface area contributed by atoms with Crippen LogP contribution in [-0.2, 0) is 0 Å². The molecule has 1 saturated heterocycles. The molecule has 4 heteroatoms. The van der Waals surface area contributed by atoms with Crippen molar-refractivity contribution in [1.29, 1.82) is 0 Å². The van der Waals surface area contributed by atoms with E-state index in [2.05, 4.69) is 21.8 Å². The van der Waals surface area contributed by atoms with Gasteiger partial charge < -0.3 is 4.90 Å². The second kappa shape index (κ2) is 4.58. The van der Waals surface area contributed by atoms with Gasteiger partial charge >= 0.3 is 0 Å². The van der Waals surface area contributed by atoms with Crippen LogP contribution >= 0.6 is 11.6 Å². The minimum atomic E-state index is 0.539. The van der Waals surface area contributed by atoms with Crippen molar-refractivity contribution in [1.82, 2.24) is 9.97 Å². The van der Waals surface area contributed by atoms with Crippen LogP contribution in [0.1, 0.15) is 31.2 Å². The molecule has 3 nitrogen and oxygen atoms in total. The van der Waals surface area contributed by atoms with Gasteiger partial charge in [-0.2, -0.15) is 0 Å². The molecule has 0 aromatic carbocycles. The summed E-state index contributed by atoms with van der Waals surface area (Å²) in [6.45, 7) is 8.30. The number of rotatable bonds is 1. The molecule has 0 saturated carbocycles. The summed E-state index contributed by atoms with van der Waals surface area (Å²) in [5.74, 6) is 1.67. The van der Waals surface area contributed by atoms with E-state index in [1.165, 1.54) is 12.8 Å². The van der Waals surface area contributed by atoms with Gasteiger partial charge in [-0.3, -0.25) is 0 Å². The SMILES string of the molecule is Cc1nc(Cl)c(N2CCC(C)CC2)nc1C. The van der Waals surface area contributed by atoms with Crippen LogP contribution in [0.5, 0.6) is 0 Å². The van der Waals surface area contributed by atoms with Crippen molar-refractivity contribution in [2.45, 2.75) is 33.6 Å². The van der Waals surface area contributed by atoms with E-state index in [1.54, 1.807) is 0 Å². The first-order chi connectivity index (χ1) is 7.58. The van der Waals surface area contributed by atoms with E-state index in [9.17, 15) is 0 Å². The summed E-state index contributed by atoms with van der Waals surface area (Å²) in [6.07, 6.45) is 2.43. The molecule has 0 atom stereocenters. The van der Waals surface area contributed by atoms with Gasteiger partial charge in [0.25, 0.3) is 0 Å². The van der Waals surface area contributed by atoms with Gasteiger partial charge in [0.2, 0.25) is 0 Å². The monoisotopic (exact) mass is 239 g/mol. The van der Waals surface area contributed by atoms with E-state index < -0.39 is 0 Å². The highest BCUT2D eigenvalue weighted by Crippen LogP contribution is 2.27. The van der Waals surface area contributed by atoms with E-state index in [-0.39, 0.29) is 0 Å². The van der Waals surface area contributed by atoms with E-state index in [4.69, 9.17) is 11.6 Å². The third-order valence-electron chi connectivity index (χ3n) is 3.33. The molecule has 0 unspecified atom stereocenters. The number of halogens is 1. The molecule has 1 aromatic rings. The molecule has 2 heterocycles. The Labute approximate surface area is 102 Å². The Morgan fingerprint density at radius 3 is 2.31 bits per heavy atom. The molecule has 0 N–H and O–H groups in total. The Bertz CT molecular complexity index is 384. The highest BCUT2D eigenvalue weighted by molar-refractivity contribution is 6.31. The van der Waals surface area contributed by atoms with Crippen molar-refractivity contribution in [2.75, 3.05) is 18.0 Å². The molecule has 0 radical (unpaired) electrons. The lowest BCUT2D eigenvalue weighted by atomic mass is 9.99. The number of anilines is 1. The van der Waals surface area contributed by atoms with Gasteiger partial charge in [0, 0.05) is 13.1 Å². The van der Waals surface area contributed by atoms with E-state index in [0.717, 1.165) is 36.2 Å². The van der Waals surface area contributed by atoms with Gasteiger partial charge in [-0.05, 0) is 32.6 Å². The van der Waals surface area contributed by atoms with Gasteiger partial charge in [-0.15, -0.1) is 0 Å². The maximum atomic E-state index is 6.16. The molecule has 1 aliphatic heterocycles. The lowest BCUT2D eigenvalue weighted by Crippen LogP contribution is -2.34. The second-order valence-corrected chi connectivity index (χ2v) is 5.04. The van der Waals surface area contributed by atoms with E-state index >= 15 is 0 Å². The molecule has 0 bridgehead atoms. The van der Waals surface area contributed by atoms with Crippen LogP contribution in [0.4, 0.5) is 5.82 Å². The van der Waals surface area contributed by atoms with Gasteiger partial charge in [-0.1, -0.05) is 18.5 Å². The van der Waals surface area contributed by atoms with Crippen LogP contribution in [0.2, 0.25) is 5.15 Å². The molecule has 0 aliphatic carbocycles. The lowest BCUT2D eigenvalue weighted by Gasteiger charge is -2.31. The fraction of sp³-hybridized carbons (Fsp3) is 0.667. The van der Waals surface area contributed by atoms with Gasteiger partial charge in [0.15, 0.2) is 11.0 Å². The first-order valence-electron chi connectivity index (χ1n) is 5.83. The fourth-order valence-electron chi connectivity index (χ4n) is 1.99. The Morgan fingerprint density at radius 2 is 1.69 bits per heavy atom. The Morgan fingerprint density at radius 1 is 1.12 bits per heavy atom. The Balaban J connectivity index is 2.23. The summed E-state index contributed by atoms with van der Waals surface area (Å²) in [5, 5.41) is 0.539. The third-order valence-corrected chi connectivity index (χ3v) is 3.58. The van der Waals surface area contributed by atoms with E-state index in [0.29, 0.717) is 5.15 Å². The van der Waals surface area contributed by atoms with E-state index in [1.807, 2.05) is 13.8 Å². The molecular weight excluding hydrogens is 222 g/mol. The average molecular weight is 240 g/mol. The van der Waals surface area contributed by atoms with Crippen LogP contribution in [0, 0.1) is 19.8 Å². The highest BCUT2D eigenvalue weighted by Gasteiger charge is 2.20. The normalized spacial score (nSPS) is 17.9. The average Bonchev–Trinajstić information content (AvgIpc) is 2.25. The fourth-order valence-corrected chi connectivity index (χ4v) is 2.27. The quantitative estimate of drug-likeness (QED) is 0.755. The van der Waals surface area contributed by atoms with Crippen molar-refractivity contribution in [2.24, 2.45) is 5.92 Å². The molecule has 1 aromatic heterocycles. The van der Waals surface area contributed by atoms with Crippen LogP contribution in [0.3, 0.4) is 0 Å². The summed E-state index contributed by atoms with van der Waals surface area (Å²) in [5.41, 5.74) is 1.89. The zero-order chi connectivity index (χ0) is 11.7. The zero-order valence-electron chi connectivity index (χ0n) is 10.1. The summed E-state index contributed by atoms with van der Waals surface area (Å²) in [4.78, 5) is 11.1. The molecule has 0 amide bonds. The first kappa shape index (κ1) is 11.6. The standard InChI is InChI=1S/C12H18ClN3/c1-8-4-6-16(7-5-8)12-11(13)14-9(2)10(3)15-12/h8H,4-7H2,1-3H3. The van der Waals surface area contributed by atoms with Crippen LogP contribution in [-0.4, -0.2) is 23.1 Å². The third kappa shape index (κ3) is 2.29. The number of hydrogen-bond acceptors (Lipinski definition) is 3. The van der Waals surface area contributed by atoms with Gasteiger partial charge in [-0.25, -0.2) is 9.97 Å². The predicted octanol–water partition coefficient (Wildman–Crippen LogP) is 2.98. The number of nitrogens with zero attached hydrogens (tertiary/aromatic N) is 3. The highest BCUT2D eigenvalue weighted by atomic mass is 35.5. The van der Waals surface area contributed by atoms with Crippen molar-refractivity contribution < 1.29 is 0 Å². The van der Waals surface area contributed by atoms with Crippen LogP contribution in [0.25, 0.3) is 0 Å². The largest absolute Gasteiger partial charge is 0.354 e. The van der Waals surface area contributed by atoms with Crippen LogP contribution in [0.15, 0.2) is 0 Å². The van der Waals surface area contributed by atoms with Crippen LogP contribution < -0.4 is 4.90 Å². The van der Waals surface area contributed by atoms with Crippen molar-refractivity contribution in [3.05, 3.63) is 16.5 Å². The summed E-state index contributed by atoms with van der Waals surface area (Å²) < 4.78 is 0. The summed E-state index contributed by atoms with van der Waals surface area (Å²) in [7, 11) is 0. The molecule has 2 rings (SSSR count). The van der Waals surface area contributed by atoms with Crippen molar-refractivity contribution >= 4 is 17.4 Å². The van der Waals surface area contributed by atoms with Crippen molar-refractivity contribution in [3.8, 4) is 0 Å². The topological polar surface area (TPSA) is 29.0 Å². The molecule has 1 fully saturated rings. The smallest absolute Gasteiger partial charge is 0.171 e. The molecule has 1 aliphatic rings. The molecule has 16 heavy (non-hydrogen) atoms. The molecular formula is C12H18ClN3. The minimum Gasteiger partial charge on any atom is -0.354 e. The Kier molecular flexibility index (Phi) is 3.33. The summed E-state index contributed by atoms with van der Waals surface area (Å²) in [6, 6.07) is 0. The number of hydrogen-bond donors (Lipinski definition) is 0.